The fourth-order valence-corrected chi connectivity index (χ4v) is 4.35. The summed E-state index contributed by atoms with van der Waals surface area (Å²) in [7, 11) is 0. The van der Waals surface area contributed by atoms with E-state index in [-0.39, 0.29) is 17.8 Å². The largest absolute Gasteiger partial charge is 0.493 e. The van der Waals surface area contributed by atoms with E-state index < -0.39 is 0 Å². The van der Waals surface area contributed by atoms with Crippen LogP contribution in [0.15, 0.2) is 47.8 Å². The maximum Gasteiger partial charge on any atom is 0.255 e. The van der Waals surface area contributed by atoms with E-state index >= 15 is 0 Å². The van der Waals surface area contributed by atoms with Crippen molar-refractivity contribution in [3.63, 3.8) is 0 Å². The lowest BCUT2D eigenvalue weighted by atomic mass is 10.0. The normalized spacial score (nSPS) is 15.9. The summed E-state index contributed by atoms with van der Waals surface area (Å²) in [5, 5.41) is 27.8. The highest BCUT2D eigenvalue weighted by atomic mass is 16.3. The third-order valence-corrected chi connectivity index (χ3v) is 6.26. The summed E-state index contributed by atoms with van der Waals surface area (Å²) < 4.78 is 1.30. The van der Waals surface area contributed by atoms with Gasteiger partial charge < -0.3 is 10.0 Å². The Labute approximate surface area is 202 Å². The average Bonchev–Trinajstić information content (AvgIpc) is 3.27. The Bertz CT molecular complexity index is 1320. The van der Waals surface area contributed by atoms with Gasteiger partial charge in [-0.1, -0.05) is 18.1 Å². The second kappa shape index (κ2) is 10.3. The van der Waals surface area contributed by atoms with Crippen molar-refractivity contribution in [1.29, 1.82) is 5.26 Å². The number of nitriles is 1. The van der Waals surface area contributed by atoms with Gasteiger partial charge in [-0.05, 0) is 54.4 Å². The number of piperazine rings is 1. The highest BCUT2D eigenvalue weighted by Gasteiger charge is 2.29. The lowest BCUT2D eigenvalue weighted by Crippen LogP contribution is -2.55. The molecule has 0 saturated carbocycles. The van der Waals surface area contributed by atoms with Crippen LogP contribution >= 0.6 is 0 Å². The summed E-state index contributed by atoms with van der Waals surface area (Å²) in [6, 6.07) is 10.6. The van der Waals surface area contributed by atoms with E-state index in [0.29, 0.717) is 48.7 Å². The molecule has 0 spiro atoms. The van der Waals surface area contributed by atoms with Crippen molar-refractivity contribution in [2.45, 2.75) is 19.9 Å². The van der Waals surface area contributed by atoms with Crippen LogP contribution < -0.4 is 0 Å². The van der Waals surface area contributed by atoms with Crippen molar-refractivity contribution in [3.05, 3.63) is 69.9 Å². The number of pyridine rings is 1. The number of carbonyl (C=O) groups excluding carboxylic acids is 1. The van der Waals surface area contributed by atoms with Gasteiger partial charge in [-0.2, -0.15) is 15.0 Å². The number of rotatable bonds is 6. The van der Waals surface area contributed by atoms with Crippen molar-refractivity contribution in [2.75, 3.05) is 32.7 Å². The quantitative estimate of drug-likeness (QED) is 0.331. The first-order valence-corrected chi connectivity index (χ1v) is 11.3. The van der Waals surface area contributed by atoms with Crippen LogP contribution in [0, 0.1) is 18.3 Å². The van der Waals surface area contributed by atoms with Gasteiger partial charge >= 0.3 is 0 Å². The number of nitrogens with zero attached hydrogens (tertiary/aromatic N) is 9. The average molecular weight is 472 g/mol. The van der Waals surface area contributed by atoms with Crippen LogP contribution in [0.1, 0.15) is 28.4 Å². The molecule has 2 aromatic heterocycles. The molecule has 1 amide bonds. The first-order valence-electron chi connectivity index (χ1n) is 11.3. The molecule has 3 heterocycles. The number of azide groups is 1. The molecule has 1 aromatic carbocycles. The van der Waals surface area contributed by atoms with Gasteiger partial charge in [0, 0.05) is 43.3 Å². The van der Waals surface area contributed by atoms with Crippen LogP contribution in [0.25, 0.3) is 27.4 Å². The van der Waals surface area contributed by atoms with Crippen LogP contribution in [-0.2, 0) is 0 Å². The molecular weight excluding hydrogens is 446 g/mol. The van der Waals surface area contributed by atoms with Gasteiger partial charge in [0.05, 0.1) is 29.0 Å². The minimum atomic E-state index is -0.149. The summed E-state index contributed by atoms with van der Waals surface area (Å²) >= 11 is 0. The Balaban J connectivity index is 1.52. The van der Waals surface area contributed by atoms with Crippen LogP contribution in [0.4, 0.5) is 0 Å². The van der Waals surface area contributed by atoms with E-state index in [4.69, 9.17) is 10.8 Å². The highest BCUT2D eigenvalue weighted by Crippen LogP contribution is 2.33. The molecule has 0 radical (unpaired) electrons. The Kier molecular flexibility index (Phi) is 6.96. The molecule has 3 aromatic rings. The molecule has 0 bridgehead atoms. The van der Waals surface area contributed by atoms with Crippen molar-refractivity contribution in [2.24, 2.45) is 5.11 Å². The van der Waals surface area contributed by atoms with Crippen molar-refractivity contribution >= 4 is 5.91 Å². The van der Waals surface area contributed by atoms with Gasteiger partial charge in [-0.15, -0.1) is 0 Å². The third kappa shape index (κ3) is 4.80. The van der Waals surface area contributed by atoms with E-state index in [9.17, 15) is 9.90 Å². The molecule has 1 fully saturated rings. The maximum absolute atomic E-state index is 13.1. The minimum Gasteiger partial charge on any atom is -0.493 e. The molecular formula is C24H25N9O2. The Hall–Kier alpha value is -4.39. The zero-order chi connectivity index (χ0) is 24.9. The van der Waals surface area contributed by atoms with Crippen molar-refractivity contribution in [1.82, 2.24) is 24.6 Å². The molecule has 1 aliphatic rings. The number of amides is 1. The smallest absolute Gasteiger partial charge is 0.255 e. The van der Waals surface area contributed by atoms with Crippen LogP contribution in [0.2, 0.25) is 0 Å². The number of hydrogen-bond acceptors (Lipinski definition) is 7. The second-order valence-electron chi connectivity index (χ2n) is 8.29. The van der Waals surface area contributed by atoms with Crippen molar-refractivity contribution in [3.8, 4) is 28.9 Å². The van der Waals surface area contributed by atoms with Gasteiger partial charge in [-0.25, -0.2) is 4.98 Å². The Morgan fingerprint density at radius 2 is 2.11 bits per heavy atom. The number of likely N-dealkylation sites (N-methyl/N-ethyl adjacent to an activating group) is 1. The molecule has 1 saturated heterocycles. The molecule has 1 aliphatic heterocycles. The number of aromatic hydroxyl groups is 1. The zero-order valence-electron chi connectivity index (χ0n) is 19.5. The standard InChI is InChI=1S/C24H25N9O2/c1-3-31-8-9-32(15-19(31)13-28-30-26)23(34)18-5-7-22(27-12-18)33-24(35)21(14-29-33)20-6-4-17(11-25)10-16(20)2/h4-7,10,12,14,19,35H,3,8-9,13,15H2,1-2H3/t19-/m1/s1. The molecule has 35 heavy (non-hydrogen) atoms. The first kappa shape index (κ1) is 23.8. The number of aromatic nitrogens is 3. The fourth-order valence-electron chi connectivity index (χ4n) is 4.35. The molecule has 178 valence electrons. The van der Waals surface area contributed by atoms with E-state index in [0.717, 1.165) is 17.7 Å². The minimum absolute atomic E-state index is 0.0223. The monoisotopic (exact) mass is 471 g/mol. The molecule has 1 N–H and O–H groups in total. The van der Waals surface area contributed by atoms with Gasteiger partial charge in [0.15, 0.2) is 5.82 Å². The summed E-state index contributed by atoms with van der Waals surface area (Å²) in [5.74, 6) is 0.138. The van der Waals surface area contributed by atoms with Crippen LogP contribution in [0.5, 0.6) is 5.88 Å². The number of benzene rings is 1. The predicted octanol–water partition coefficient (Wildman–Crippen LogP) is 3.28. The molecule has 11 nitrogen and oxygen atoms in total. The highest BCUT2D eigenvalue weighted by molar-refractivity contribution is 5.94. The van der Waals surface area contributed by atoms with E-state index in [1.807, 2.05) is 13.8 Å². The molecule has 11 heteroatoms. The molecule has 4 rings (SSSR count). The maximum atomic E-state index is 13.1. The van der Waals surface area contributed by atoms with Gasteiger partial charge in [0.2, 0.25) is 5.88 Å². The third-order valence-electron chi connectivity index (χ3n) is 6.26. The van der Waals surface area contributed by atoms with Gasteiger partial charge in [0.25, 0.3) is 5.91 Å². The number of aryl methyl sites for hydroxylation is 1. The Morgan fingerprint density at radius 1 is 1.29 bits per heavy atom. The topological polar surface area (TPSA) is 147 Å². The fraction of sp³-hybridized carbons (Fsp3) is 0.333. The van der Waals surface area contributed by atoms with Crippen LogP contribution in [0.3, 0.4) is 0 Å². The van der Waals surface area contributed by atoms with E-state index in [1.54, 1.807) is 41.4 Å². The van der Waals surface area contributed by atoms with E-state index in [1.165, 1.54) is 10.9 Å². The van der Waals surface area contributed by atoms with E-state index in [2.05, 4.69) is 31.1 Å². The summed E-state index contributed by atoms with van der Waals surface area (Å²) in [6.07, 6.45) is 3.02. The lowest BCUT2D eigenvalue weighted by Gasteiger charge is -2.40. The SMILES string of the molecule is CCN1CCN(C(=O)c2ccc(-n3ncc(-c4ccc(C#N)cc4C)c3O)nc2)C[C@H]1CN=[N+]=[N-]. The summed E-state index contributed by atoms with van der Waals surface area (Å²) in [5.41, 5.74) is 11.8. The molecule has 1 atom stereocenters. The van der Waals surface area contributed by atoms with Crippen LogP contribution in [-0.4, -0.2) is 74.3 Å². The van der Waals surface area contributed by atoms with Crippen molar-refractivity contribution < 1.29 is 9.90 Å². The van der Waals surface area contributed by atoms with Gasteiger partial charge in [0.1, 0.15) is 0 Å². The summed E-state index contributed by atoms with van der Waals surface area (Å²) in [4.78, 5) is 24.2. The second-order valence-corrected chi connectivity index (χ2v) is 8.29. The number of hydrogen-bond donors (Lipinski definition) is 1. The summed E-state index contributed by atoms with van der Waals surface area (Å²) in [6.45, 7) is 6.80. The first-order chi connectivity index (χ1) is 17.0. The Morgan fingerprint density at radius 3 is 2.77 bits per heavy atom. The lowest BCUT2D eigenvalue weighted by molar-refractivity contribution is 0.0512. The molecule has 0 unspecified atom stereocenters. The predicted molar refractivity (Wildman–Crippen MR) is 129 cm³/mol. The van der Waals surface area contributed by atoms with Gasteiger partial charge in [-0.3, -0.25) is 9.69 Å². The zero-order valence-corrected chi connectivity index (χ0v) is 19.5. The number of carbonyl (C=O) groups is 1. The molecule has 0 aliphatic carbocycles.